The van der Waals surface area contributed by atoms with Gasteiger partial charge in [-0.25, -0.2) is 9.18 Å². The summed E-state index contributed by atoms with van der Waals surface area (Å²) in [5.41, 5.74) is 1.57. The molecule has 100 valence electrons. The quantitative estimate of drug-likeness (QED) is 0.660. The van der Waals surface area contributed by atoms with Gasteiger partial charge >= 0.3 is 5.97 Å². The summed E-state index contributed by atoms with van der Waals surface area (Å²) < 4.78 is 23.6. The fourth-order valence-corrected chi connectivity index (χ4v) is 2.15. The van der Waals surface area contributed by atoms with E-state index in [1.807, 2.05) is 12.1 Å². The number of furan rings is 1. The molecule has 0 saturated heterocycles. The van der Waals surface area contributed by atoms with E-state index < -0.39 is 5.97 Å². The Kier molecular flexibility index (Phi) is 2.99. The van der Waals surface area contributed by atoms with Gasteiger partial charge in [-0.3, -0.25) is 0 Å². The van der Waals surface area contributed by atoms with Gasteiger partial charge in [0, 0.05) is 10.9 Å². The second-order valence-electron chi connectivity index (χ2n) is 4.30. The monoisotopic (exact) mass is 270 g/mol. The number of hydrogen-bond donors (Lipinski definition) is 0. The van der Waals surface area contributed by atoms with Crippen LogP contribution in [0.3, 0.4) is 0 Å². The van der Waals surface area contributed by atoms with E-state index in [0.717, 1.165) is 0 Å². The smallest absolute Gasteiger partial charge is 0.342 e. The Bertz CT molecular complexity index is 772. The maximum absolute atomic E-state index is 13.0. The highest BCUT2D eigenvalue weighted by Gasteiger charge is 2.22. The molecule has 3 rings (SSSR count). The highest BCUT2D eigenvalue weighted by atomic mass is 19.1. The number of esters is 1. The van der Waals surface area contributed by atoms with E-state index >= 15 is 0 Å². The number of para-hydroxylation sites is 1. The first-order chi connectivity index (χ1) is 9.70. The van der Waals surface area contributed by atoms with Gasteiger partial charge in [0.1, 0.15) is 22.7 Å². The van der Waals surface area contributed by atoms with Gasteiger partial charge in [0.15, 0.2) is 0 Å². The first-order valence-corrected chi connectivity index (χ1v) is 6.06. The zero-order chi connectivity index (χ0) is 14.1. The van der Waals surface area contributed by atoms with Crippen LogP contribution in [0.2, 0.25) is 0 Å². The van der Waals surface area contributed by atoms with E-state index in [-0.39, 0.29) is 5.82 Å². The van der Waals surface area contributed by atoms with Crippen LogP contribution in [0.25, 0.3) is 22.3 Å². The maximum atomic E-state index is 13.0. The van der Waals surface area contributed by atoms with Gasteiger partial charge in [0.2, 0.25) is 0 Å². The maximum Gasteiger partial charge on any atom is 0.342 e. The number of ether oxygens (including phenoxy) is 1. The lowest BCUT2D eigenvalue weighted by atomic mass is 10.1. The second-order valence-corrected chi connectivity index (χ2v) is 4.30. The summed E-state index contributed by atoms with van der Waals surface area (Å²) in [5.74, 6) is -0.434. The Morgan fingerprint density at radius 1 is 1.10 bits per heavy atom. The lowest BCUT2D eigenvalue weighted by Gasteiger charge is -2.01. The summed E-state index contributed by atoms with van der Waals surface area (Å²) in [7, 11) is 1.32. The van der Waals surface area contributed by atoms with Gasteiger partial charge in [0.25, 0.3) is 0 Å². The summed E-state index contributed by atoms with van der Waals surface area (Å²) in [6, 6.07) is 13.0. The Balaban J connectivity index is 2.29. The molecule has 0 amide bonds. The molecule has 0 unspecified atom stereocenters. The third-order valence-corrected chi connectivity index (χ3v) is 3.09. The van der Waals surface area contributed by atoms with Crippen molar-refractivity contribution in [3.8, 4) is 11.3 Å². The predicted octanol–water partition coefficient (Wildman–Crippen LogP) is 4.03. The number of hydrogen-bond acceptors (Lipinski definition) is 3. The molecule has 1 aromatic heterocycles. The standard InChI is InChI=1S/C16H11FO3/c1-19-16(18)14-12-4-2-3-5-13(12)20-15(14)10-6-8-11(17)9-7-10/h2-9H,1H3. The fraction of sp³-hybridized carbons (Fsp3) is 0.0625. The zero-order valence-corrected chi connectivity index (χ0v) is 10.7. The molecule has 0 atom stereocenters. The van der Waals surface area contributed by atoms with E-state index in [2.05, 4.69) is 0 Å². The molecular weight excluding hydrogens is 259 g/mol. The van der Waals surface area contributed by atoms with Crippen LogP contribution in [0.4, 0.5) is 4.39 Å². The lowest BCUT2D eigenvalue weighted by Crippen LogP contribution is -2.01. The van der Waals surface area contributed by atoms with E-state index in [4.69, 9.17) is 9.15 Å². The summed E-state index contributed by atoms with van der Waals surface area (Å²) in [6.07, 6.45) is 0. The SMILES string of the molecule is COC(=O)c1c(-c2ccc(F)cc2)oc2ccccc12. The molecule has 0 fully saturated rings. The highest BCUT2D eigenvalue weighted by molar-refractivity contribution is 6.08. The molecule has 0 aliphatic heterocycles. The van der Waals surface area contributed by atoms with Crippen LogP contribution in [-0.2, 0) is 4.74 Å². The molecule has 4 heteroatoms. The molecule has 0 radical (unpaired) electrons. The van der Waals surface area contributed by atoms with Crippen molar-refractivity contribution in [3.05, 3.63) is 59.9 Å². The Morgan fingerprint density at radius 2 is 1.80 bits per heavy atom. The number of methoxy groups -OCH3 is 1. The average Bonchev–Trinajstić information content (AvgIpc) is 2.86. The molecule has 1 heterocycles. The van der Waals surface area contributed by atoms with Gasteiger partial charge < -0.3 is 9.15 Å². The van der Waals surface area contributed by atoms with Gasteiger partial charge in [-0.1, -0.05) is 18.2 Å². The minimum atomic E-state index is -0.478. The van der Waals surface area contributed by atoms with E-state index in [1.165, 1.54) is 19.2 Å². The van der Waals surface area contributed by atoms with Crippen LogP contribution in [-0.4, -0.2) is 13.1 Å². The van der Waals surface area contributed by atoms with Crippen LogP contribution >= 0.6 is 0 Å². The van der Waals surface area contributed by atoms with Crippen LogP contribution in [0.15, 0.2) is 52.9 Å². The van der Waals surface area contributed by atoms with Crippen LogP contribution in [0.1, 0.15) is 10.4 Å². The Morgan fingerprint density at radius 3 is 2.50 bits per heavy atom. The van der Waals surface area contributed by atoms with E-state index in [9.17, 15) is 9.18 Å². The van der Waals surface area contributed by atoms with E-state index in [1.54, 1.807) is 24.3 Å². The predicted molar refractivity (Wildman–Crippen MR) is 72.9 cm³/mol. The minimum Gasteiger partial charge on any atom is -0.465 e. The number of fused-ring (bicyclic) bond motifs is 1. The largest absolute Gasteiger partial charge is 0.465 e. The Hall–Kier alpha value is -2.62. The molecular formula is C16H11FO3. The topological polar surface area (TPSA) is 39.4 Å². The van der Waals surface area contributed by atoms with Gasteiger partial charge in [-0.2, -0.15) is 0 Å². The second kappa shape index (κ2) is 4.81. The third-order valence-electron chi connectivity index (χ3n) is 3.09. The molecule has 0 N–H and O–H groups in total. The molecule has 0 aliphatic rings. The molecule has 20 heavy (non-hydrogen) atoms. The normalized spacial score (nSPS) is 10.7. The summed E-state index contributed by atoms with van der Waals surface area (Å²) in [4.78, 5) is 12.0. The van der Waals surface area contributed by atoms with Crippen LogP contribution in [0.5, 0.6) is 0 Å². The Labute approximate surface area is 114 Å². The van der Waals surface area contributed by atoms with E-state index in [0.29, 0.717) is 27.9 Å². The average molecular weight is 270 g/mol. The van der Waals surface area contributed by atoms with Gasteiger partial charge in [-0.15, -0.1) is 0 Å². The highest BCUT2D eigenvalue weighted by Crippen LogP contribution is 2.34. The molecule has 0 bridgehead atoms. The summed E-state index contributed by atoms with van der Waals surface area (Å²) in [5, 5.41) is 0.679. The first-order valence-electron chi connectivity index (χ1n) is 6.06. The molecule has 3 nitrogen and oxygen atoms in total. The van der Waals surface area contributed by atoms with Crippen molar-refractivity contribution in [2.24, 2.45) is 0 Å². The minimum absolute atomic E-state index is 0.343. The number of halogens is 1. The van der Waals surface area contributed by atoms with Crippen molar-refractivity contribution in [1.29, 1.82) is 0 Å². The van der Waals surface area contributed by atoms with Gasteiger partial charge in [-0.05, 0) is 30.3 Å². The first kappa shape index (κ1) is 12.4. The van der Waals surface area contributed by atoms with Crippen molar-refractivity contribution >= 4 is 16.9 Å². The zero-order valence-electron chi connectivity index (χ0n) is 10.7. The number of carbonyl (C=O) groups is 1. The fourth-order valence-electron chi connectivity index (χ4n) is 2.15. The number of rotatable bonds is 2. The van der Waals surface area contributed by atoms with Crippen molar-refractivity contribution < 1.29 is 18.3 Å². The molecule has 0 saturated carbocycles. The van der Waals surface area contributed by atoms with Gasteiger partial charge in [0.05, 0.1) is 7.11 Å². The molecule has 0 aliphatic carbocycles. The van der Waals surface area contributed by atoms with Crippen molar-refractivity contribution in [2.45, 2.75) is 0 Å². The summed E-state index contributed by atoms with van der Waals surface area (Å²) in [6.45, 7) is 0. The van der Waals surface area contributed by atoms with Crippen molar-refractivity contribution in [2.75, 3.05) is 7.11 Å². The lowest BCUT2D eigenvalue weighted by molar-refractivity contribution is 0.0603. The van der Waals surface area contributed by atoms with Crippen LogP contribution in [0, 0.1) is 5.82 Å². The van der Waals surface area contributed by atoms with Crippen molar-refractivity contribution in [1.82, 2.24) is 0 Å². The third kappa shape index (κ3) is 1.95. The summed E-state index contributed by atoms with van der Waals surface area (Å²) >= 11 is 0. The van der Waals surface area contributed by atoms with Crippen molar-refractivity contribution in [3.63, 3.8) is 0 Å². The van der Waals surface area contributed by atoms with Crippen LogP contribution < -0.4 is 0 Å². The molecule has 2 aromatic carbocycles. The number of benzene rings is 2. The molecule has 3 aromatic rings. The number of carbonyl (C=O) groups excluding carboxylic acids is 1. The molecule has 0 spiro atoms.